The zero-order valence-corrected chi connectivity index (χ0v) is 18.8. The quantitative estimate of drug-likeness (QED) is 0.447. The fourth-order valence-corrected chi connectivity index (χ4v) is 3.20. The lowest BCUT2D eigenvalue weighted by Crippen LogP contribution is -2.28. The van der Waals surface area contributed by atoms with Crippen molar-refractivity contribution in [2.75, 3.05) is 11.9 Å². The Labute approximate surface area is 189 Å². The van der Waals surface area contributed by atoms with Gasteiger partial charge in [0, 0.05) is 5.56 Å². The highest BCUT2D eigenvalue weighted by molar-refractivity contribution is 6.09. The van der Waals surface area contributed by atoms with Crippen molar-refractivity contribution >= 4 is 17.5 Å². The highest BCUT2D eigenvalue weighted by Gasteiger charge is 2.16. The Kier molecular flexibility index (Phi) is 8.03. The van der Waals surface area contributed by atoms with Gasteiger partial charge < -0.3 is 15.4 Å². The summed E-state index contributed by atoms with van der Waals surface area (Å²) in [4.78, 5) is 25.6. The number of ether oxygens (including phenoxy) is 1. The smallest absolute Gasteiger partial charge is 0.255 e. The average molecular weight is 431 g/mol. The van der Waals surface area contributed by atoms with Crippen LogP contribution in [0, 0.1) is 5.92 Å². The Bertz CT molecular complexity index is 1030. The lowest BCUT2D eigenvalue weighted by atomic mass is 10.1. The Balaban J connectivity index is 1.65. The molecule has 0 aliphatic heterocycles. The maximum absolute atomic E-state index is 12.9. The molecule has 2 N–H and O–H groups in total. The van der Waals surface area contributed by atoms with Gasteiger partial charge in [-0.25, -0.2) is 0 Å². The third-order valence-electron chi connectivity index (χ3n) is 5.15. The predicted molar refractivity (Wildman–Crippen MR) is 128 cm³/mol. The Morgan fingerprint density at radius 3 is 2.16 bits per heavy atom. The molecule has 0 heterocycles. The van der Waals surface area contributed by atoms with Crippen molar-refractivity contribution in [3.8, 4) is 5.75 Å². The van der Waals surface area contributed by atoms with Gasteiger partial charge in [0.05, 0.1) is 23.9 Å². The van der Waals surface area contributed by atoms with Crippen LogP contribution < -0.4 is 15.4 Å². The third kappa shape index (κ3) is 6.45. The Morgan fingerprint density at radius 2 is 1.47 bits per heavy atom. The van der Waals surface area contributed by atoms with Crippen LogP contribution in [0.25, 0.3) is 0 Å². The van der Waals surface area contributed by atoms with Gasteiger partial charge in [-0.05, 0) is 61.2 Å². The predicted octanol–water partition coefficient (Wildman–Crippen LogP) is 5.85. The highest BCUT2D eigenvalue weighted by Crippen LogP contribution is 2.20. The molecule has 1 unspecified atom stereocenters. The second-order valence-corrected chi connectivity index (χ2v) is 8.16. The molecule has 0 fully saturated rings. The molecule has 0 radical (unpaired) electrons. The first-order valence-electron chi connectivity index (χ1n) is 10.9. The number of hydrogen-bond donors (Lipinski definition) is 2. The van der Waals surface area contributed by atoms with Crippen LogP contribution in [0.5, 0.6) is 5.75 Å². The summed E-state index contributed by atoms with van der Waals surface area (Å²) in [7, 11) is 0. The monoisotopic (exact) mass is 430 g/mol. The molecule has 1 atom stereocenters. The Hall–Kier alpha value is -3.60. The van der Waals surface area contributed by atoms with Crippen molar-refractivity contribution in [3.05, 3.63) is 95.6 Å². The summed E-state index contributed by atoms with van der Waals surface area (Å²) in [6.07, 6.45) is 0.976. The summed E-state index contributed by atoms with van der Waals surface area (Å²) < 4.78 is 5.71. The lowest BCUT2D eigenvalue weighted by molar-refractivity contribution is 0.0940. The van der Waals surface area contributed by atoms with Crippen LogP contribution >= 0.6 is 0 Å². The first kappa shape index (κ1) is 23.1. The van der Waals surface area contributed by atoms with Gasteiger partial charge in [-0.3, -0.25) is 9.59 Å². The van der Waals surface area contributed by atoms with Gasteiger partial charge in [0.15, 0.2) is 0 Å². The molecule has 2 amide bonds. The van der Waals surface area contributed by atoms with Crippen LogP contribution in [0.3, 0.4) is 0 Å². The number of carbonyl (C=O) groups excluding carboxylic acids is 2. The highest BCUT2D eigenvalue weighted by atomic mass is 16.5. The van der Waals surface area contributed by atoms with Crippen molar-refractivity contribution in [2.45, 2.75) is 33.2 Å². The van der Waals surface area contributed by atoms with Gasteiger partial charge >= 0.3 is 0 Å². The van der Waals surface area contributed by atoms with Gasteiger partial charge in [-0.15, -0.1) is 0 Å². The zero-order chi connectivity index (χ0) is 22.9. The maximum atomic E-state index is 12.9. The minimum atomic E-state index is -0.282. The van der Waals surface area contributed by atoms with E-state index in [9.17, 15) is 9.59 Å². The minimum Gasteiger partial charge on any atom is -0.494 e. The second-order valence-electron chi connectivity index (χ2n) is 8.16. The summed E-state index contributed by atoms with van der Waals surface area (Å²) in [6.45, 7) is 6.88. The third-order valence-corrected chi connectivity index (χ3v) is 5.15. The van der Waals surface area contributed by atoms with Crippen LogP contribution in [0.15, 0.2) is 78.9 Å². The number of benzene rings is 3. The molecule has 5 nitrogen and oxygen atoms in total. The lowest BCUT2D eigenvalue weighted by Gasteiger charge is -2.16. The number of anilines is 1. The van der Waals surface area contributed by atoms with Gasteiger partial charge in [0.25, 0.3) is 11.8 Å². The summed E-state index contributed by atoms with van der Waals surface area (Å²) in [5, 5.41) is 5.85. The van der Waals surface area contributed by atoms with Crippen molar-refractivity contribution in [1.82, 2.24) is 5.32 Å². The Morgan fingerprint density at radius 1 is 0.812 bits per heavy atom. The van der Waals surface area contributed by atoms with Crippen LogP contribution in [-0.4, -0.2) is 18.4 Å². The largest absolute Gasteiger partial charge is 0.494 e. The molecule has 0 saturated carbocycles. The number of amides is 2. The SMILES string of the molecule is CC(C)CCOc1ccc(C(=O)Nc2ccccc2C(=O)NC(C)c2ccccc2)cc1. The van der Waals surface area contributed by atoms with E-state index in [4.69, 9.17) is 4.74 Å². The summed E-state index contributed by atoms with van der Waals surface area (Å²) in [6, 6.07) is 23.6. The fourth-order valence-electron chi connectivity index (χ4n) is 3.20. The standard InChI is InChI=1S/C27H30N2O3/c1-19(2)17-18-32-23-15-13-22(14-16-23)26(30)29-25-12-8-7-11-24(25)27(31)28-20(3)21-9-5-4-6-10-21/h4-16,19-20H,17-18H2,1-3H3,(H,28,31)(H,29,30). The molecule has 0 aliphatic rings. The van der Waals surface area contributed by atoms with Gasteiger partial charge in [0.1, 0.15) is 5.75 Å². The number of hydrogen-bond acceptors (Lipinski definition) is 3. The number of rotatable bonds is 9. The van der Waals surface area contributed by atoms with Crippen LogP contribution in [0.4, 0.5) is 5.69 Å². The molecule has 5 heteroatoms. The molecular weight excluding hydrogens is 400 g/mol. The van der Waals surface area contributed by atoms with Crippen LogP contribution in [-0.2, 0) is 0 Å². The molecule has 0 spiro atoms. The average Bonchev–Trinajstić information content (AvgIpc) is 2.80. The van der Waals surface area contributed by atoms with Gasteiger partial charge in [-0.1, -0.05) is 56.3 Å². The van der Waals surface area contributed by atoms with Crippen LogP contribution in [0.1, 0.15) is 59.5 Å². The van der Waals surface area contributed by atoms with Crippen molar-refractivity contribution in [2.24, 2.45) is 5.92 Å². The van der Waals surface area contributed by atoms with E-state index < -0.39 is 0 Å². The van der Waals surface area contributed by atoms with E-state index in [1.807, 2.05) is 37.3 Å². The van der Waals surface area contributed by atoms with E-state index in [1.165, 1.54) is 0 Å². The first-order chi connectivity index (χ1) is 15.4. The summed E-state index contributed by atoms with van der Waals surface area (Å²) in [5.41, 5.74) is 2.39. The van der Waals surface area contributed by atoms with Crippen molar-refractivity contribution in [3.63, 3.8) is 0 Å². The molecule has 0 aromatic heterocycles. The van der Waals surface area contributed by atoms with E-state index in [-0.39, 0.29) is 17.9 Å². The molecule has 166 valence electrons. The zero-order valence-electron chi connectivity index (χ0n) is 18.8. The fraction of sp³-hybridized carbons (Fsp3) is 0.259. The van der Waals surface area contributed by atoms with Crippen molar-refractivity contribution in [1.29, 1.82) is 0 Å². The topological polar surface area (TPSA) is 67.4 Å². The van der Waals surface area contributed by atoms with Gasteiger partial charge in [0.2, 0.25) is 0 Å². The van der Waals surface area contributed by atoms with E-state index >= 15 is 0 Å². The van der Waals surface area contributed by atoms with Crippen LogP contribution in [0.2, 0.25) is 0 Å². The molecule has 3 aromatic carbocycles. The normalized spacial score (nSPS) is 11.6. The molecule has 0 aliphatic carbocycles. The molecule has 3 rings (SSSR count). The molecule has 32 heavy (non-hydrogen) atoms. The number of nitrogens with one attached hydrogen (secondary N) is 2. The summed E-state index contributed by atoms with van der Waals surface area (Å²) >= 11 is 0. The molecule has 0 bridgehead atoms. The van der Waals surface area contributed by atoms with E-state index in [2.05, 4.69) is 24.5 Å². The first-order valence-corrected chi connectivity index (χ1v) is 10.9. The number of para-hydroxylation sites is 1. The second kappa shape index (κ2) is 11.1. The maximum Gasteiger partial charge on any atom is 0.255 e. The number of carbonyl (C=O) groups is 2. The minimum absolute atomic E-state index is 0.157. The van der Waals surface area contributed by atoms with E-state index in [0.29, 0.717) is 29.3 Å². The summed E-state index contributed by atoms with van der Waals surface area (Å²) in [5.74, 6) is 0.783. The molecular formula is C27H30N2O3. The molecule has 3 aromatic rings. The van der Waals surface area contributed by atoms with Gasteiger partial charge in [-0.2, -0.15) is 0 Å². The van der Waals surface area contributed by atoms with E-state index in [0.717, 1.165) is 17.7 Å². The van der Waals surface area contributed by atoms with E-state index in [1.54, 1.807) is 48.5 Å². The van der Waals surface area contributed by atoms with Crippen molar-refractivity contribution < 1.29 is 14.3 Å². The molecule has 0 saturated heterocycles.